The summed E-state index contributed by atoms with van der Waals surface area (Å²) in [6.45, 7) is 5.56. The average Bonchev–Trinajstić information content (AvgIpc) is 3.40. The van der Waals surface area contributed by atoms with Gasteiger partial charge in [-0.1, -0.05) is 12.1 Å². The maximum absolute atomic E-state index is 14.5. The molecule has 1 saturated heterocycles. The number of pyridine rings is 1. The molecule has 3 rings (SSSR count). The first-order valence-electron chi connectivity index (χ1n) is 11.2. The van der Waals surface area contributed by atoms with Crippen molar-refractivity contribution in [3.8, 4) is 0 Å². The highest BCUT2D eigenvalue weighted by atomic mass is 32.1. The molecule has 0 unspecified atom stereocenters. The normalized spacial score (nSPS) is 20.8. The van der Waals surface area contributed by atoms with Crippen LogP contribution in [0, 0.1) is 12.3 Å². The molecular weight excluding hydrogens is 478 g/mol. The van der Waals surface area contributed by atoms with Crippen LogP contribution in [0.3, 0.4) is 0 Å². The van der Waals surface area contributed by atoms with Crippen molar-refractivity contribution in [3.63, 3.8) is 0 Å². The smallest absolute Gasteiger partial charge is 0.358 e. The molecular formula is C24H30F6N2OS. The van der Waals surface area contributed by atoms with Gasteiger partial charge in [0.25, 0.3) is 5.60 Å². The number of halogens is 6. The third kappa shape index (κ3) is 4.60. The Bertz CT molecular complexity index is 926. The zero-order valence-corrected chi connectivity index (χ0v) is 20.5. The zero-order valence-electron chi connectivity index (χ0n) is 19.7. The molecule has 0 aromatic carbocycles. The Labute approximate surface area is 200 Å². The molecule has 0 radical (unpaired) electrons. The van der Waals surface area contributed by atoms with Gasteiger partial charge < -0.3 is 4.74 Å². The number of aromatic nitrogens is 1. The summed E-state index contributed by atoms with van der Waals surface area (Å²) < 4.78 is 92.1. The van der Waals surface area contributed by atoms with Crippen LogP contribution in [-0.2, 0) is 16.7 Å². The van der Waals surface area contributed by atoms with Crippen LogP contribution >= 0.6 is 11.3 Å². The maximum Gasteiger partial charge on any atom is 0.427 e. The molecule has 2 aromatic rings. The molecule has 0 amide bonds. The van der Waals surface area contributed by atoms with Gasteiger partial charge in [0.1, 0.15) is 0 Å². The minimum atomic E-state index is -5.64. The van der Waals surface area contributed by atoms with E-state index in [9.17, 15) is 26.3 Å². The topological polar surface area (TPSA) is 25.4 Å². The molecule has 0 aliphatic carbocycles. The first kappa shape index (κ1) is 26.9. The minimum Gasteiger partial charge on any atom is -0.358 e. The number of hydrogen-bond acceptors (Lipinski definition) is 4. The number of alkyl halides is 6. The van der Waals surface area contributed by atoms with E-state index in [2.05, 4.69) is 4.98 Å². The van der Waals surface area contributed by atoms with Crippen molar-refractivity contribution in [2.45, 2.75) is 70.4 Å². The second-order valence-corrected chi connectivity index (χ2v) is 10.4. The molecule has 0 saturated carbocycles. The fraction of sp³-hybridized carbons (Fsp3) is 0.625. The molecule has 1 atom stereocenters. The number of likely N-dealkylation sites (tertiary alicyclic amines) is 1. The van der Waals surface area contributed by atoms with Crippen LogP contribution in [0.25, 0.3) is 0 Å². The molecule has 1 aliphatic rings. The summed E-state index contributed by atoms with van der Waals surface area (Å²) >= 11 is 1.32. The quantitative estimate of drug-likeness (QED) is 0.362. The third-order valence-electron chi connectivity index (χ3n) is 7.10. The van der Waals surface area contributed by atoms with E-state index in [4.69, 9.17) is 4.74 Å². The van der Waals surface area contributed by atoms with E-state index in [-0.39, 0.29) is 25.8 Å². The molecule has 10 heteroatoms. The number of nitrogens with zero attached hydrogens (tertiary/aromatic N) is 2. The van der Waals surface area contributed by atoms with E-state index < -0.39 is 42.1 Å². The molecule has 190 valence electrons. The summed E-state index contributed by atoms with van der Waals surface area (Å²) in [5, 5.41) is 1.76. The van der Waals surface area contributed by atoms with Crippen LogP contribution in [0.5, 0.6) is 0 Å². The van der Waals surface area contributed by atoms with E-state index in [0.29, 0.717) is 0 Å². The largest absolute Gasteiger partial charge is 0.427 e. The van der Waals surface area contributed by atoms with E-state index in [1.54, 1.807) is 48.5 Å². The molecule has 0 bridgehead atoms. The average molecular weight is 509 g/mol. The number of aryl methyl sites for hydroxylation is 2. The van der Waals surface area contributed by atoms with Gasteiger partial charge in [0.15, 0.2) is 0 Å². The SMILES string of the molecule is CCOC(C(F)(F)F)(C(F)(F)F)[C@]1(CCc2cccs2)CCN(C(C)(C)c2ccc(C)nc2)C1. The second-order valence-electron chi connectivity index (χ2n) is 9.39. The first-order valence-corrected chi connectivity index (χ1v) is 12.1. The van der Waals surface area contributed by atoms with Gasteiger partial charge in [-0.05, 0) is 76.6 Å². The first-order chi connectivity index (χ1) is 15.7. The molecule has 3 heterocycles. The van der Waals surface area contributed by atoms with Crippen molar-refractivity contribution in [1.29, 1.82) is 0 Å². The van der Waals surface area contributed by atoms with Gasteiger partial charge in [-0.3, -0.25) is 9.88 Å². The van der Waals surface area contributed by atoms with Crippen molar-refractivity contribution in [2.75, 3.05) is 19.7 Å². The Kier molecular flexibility index (Phi) is 7.47. The number of thiophene rings is 1. The molecule has 0 N–H and O–H groups in total. The fourth-order valence-corrected chi connectivity index (χ4v) is 5.85. The third-order valence-corrected chi connectivity index (χ3v) is 8.03. The molecule has 0 spiro atoms. The van der Waals surface area contributed by atoms with Crippen LogP contribution < -0.4 is 0 Å². The van der Waals surface area contributed by atoms with E-state index in [1.165, 1.54) is 18.3 Å². The predicted octanol–water partition coefficient (Wildman–Crippen LogP) is 6.91. The lowest BCUT2D eigenvalue weighted by Crippen LogP contribution is -2.69. The van der Waals surface area contributed by atoms with Gasteiger partial charge in [-0.15, -0.1) is 11.3 Å². The fourth-order valence-electron chi connectivity index (χ4n) is 5.14. The Hall–Kier alpha value is -1.65. The lowest BCUT2D eigenvalue weighted by atomic mass is 9.66. The standard InChI is InChI=1S/C24H30F6N2OS/c1-5-33-22(23(25,26)27,24(28,29)30)21(11-10-19-7-6-14-34-19)12-13-32(16-21)20(3,4)18-9-8-17(2)31-15-18/h6-9,14-15H,5,10-13,16H2,1-4H3/t21-/m1/s1. The zero-order chi connectivity index (χ0) is 25.4. The van der Waals surface area contributed by atoms with Gasteiger partial charge >= 0.3 is 12.4 Å². The maximum atomic E-state index is 14.5. The summed E-state index contributed by atoms with van der Waals surface area (Å²) in [5.41, 5.74) is -5.79. The van der Waals surface area contributed by atoms with Crippen LogP contribution in [0.1, 0.15) is 49.7 Å². The predicted molar refractivity (Wildman–Crippen MR) is 120 cm³/mol. The van der Waals surface area contributed by atoms with Crippen molar-refractivity contribution in [3.05, 3.63) is 52.0 Å². The minimum absolute atomic E-state index is 0.0757. The van der Waals surface area contributed by atoms with Crippen molar-refractivity contribution < 1.29 is 31.1 Å². The summed E-state index contributed by atoms with van der Waals surface area (Å²) in [7, 11) is 0. The highest BCUT2D eigenvalue weighted by molar-refractivity contribution is 7.09. The summed E-state index contributed by atoms with van der Waals surface area (Å²) in [5.74, 6) is 0. The van der Waals surface area contributed by atoms with Crippen molar-refractivity contribution in [1.82, 2.24) is 9.88 Å². The van der Waals surface area contributed by atoms with E-state index >= 15 is 0 Å². The van der Waals surface area contributed by atoms with Crippen LogP contribution in [-0.4, -0.2) is 47.5 Å². The van der Waals surface area contributed by atoms with E-state index in [1.807, 2.05) is 13.0 Å². The summed E-state index contributed by atoms with van der Waals surface area (Å²) in [6, 6.07) is 7.07. The Morgan fingerprint density at radius 1 is 1.09 bits per heavy atom. The molecule has 1 aliphatic heterocycles. The van der Waals surface area contributed by atoms with Gasteiger partial charge in [-0.25, -0.2) is 0 Å². The van der Waals surface area contributed by atoms with Crippen molar-refractivity contribution >= 4 is 11.3 Å². The molecule has 34 heavy (non-hydrogen) atoms. The Morgan fingerprint density at radius 2 is 1.76 bits per heavy atom. The van der Waals surface area contributed by atoms with Gasteiger partial charge in [0.2, 0.25) is 0 Å². The number of rotatable bonds is 8. The lowest BCUT2D eigenvalue weighted by molar-refractivity contribution is -0.415. The van der Waals surface area contributed by atoms with Gasteiger partial charge in [-0.2, -0.15) is 26.3 Å². The van der Waals surface area contributed by atoms with Gasteiger partial charge in [0, 0.05) is 40.9 Å². The number of hydrogen-bond donors (Lipinski definition) is 0. The monoisotopic (exact) mass is 508 g/mol. The highest BCUT2D eigenvalue weighted by Crippen LogP contribution is 2.61. The number of ether oxygens (including phenoxy) is 1. The van der Waals surface area contributed by atoms with Gasteiger partial charge in [0.05, 0.1) is 0 Å². The van der Waals surface area contributed by atoms with Crippen LogP contribution in [0.4, 0.5) is 26.3 Å². The van der Waals surface area contributed by atoms with Crippen LogP contribution in [0.15, 0.2) is 35.8 Å². The van der Waals surface area contributed by atoms with Crippen LogP contribution in [0.2, 0.25) is 0 Å². The summed E-state index contributed by atoms with van der Waals surface area (Å²) in [6.07, 6.45) is -10.1. The Balaban J connectivity index is 2.10. The second kappa shape index (κ2) is 9.43. The highest BCUT2D eigenvalue weighted by Gasteiger charge is 2.81. The summed E-state index contributed by atoms with van der Waals surface area (Å²) in [4.78, 5) is 6.72. The van der Waals surface area contributed by atoms with Crippen molar-refractivity contribution in [2.24, 2.45) is 5.41 Å². The molecule has 1 fully saturated rings. The molecule has 2 aromatic heterocycles. The lowest BCUT2D eigenvalue weighted by Gasteiger charge is -2.50. The van der Waals surface area contributed by atoms with E-state index in [0.717, 1.165) is 16.1 Å². The Morgan fingerprint density at radius 3 is 2.26 bits per heavy atom. The molecule has 3 nitrogen and oxygen atoms in total.